The zero-order valence-corrected chi connectivity index (χ0v) is 15.8. The van der Waals surface area contributed by atoms with Crippen molar-refractivity contribution in [2.75, 3.05) is 5.32 Å². The maximum absolute atomic E-state index is 12.6. The summed E-state index contributed by atoms with van der Waals surface area (Å²) < 4.78 is 0. The molecule has 0 aliphatic carbocycles. The lowest BCUT2D eigenvalue weighted by Crippen LogP contribution is -2.16. The lowest BCUT2D eigenvalue weighted by molar-refractivity contribution is 0.0692. The molecule has 0 unspecified atom stereocenters. The van der Waals surface area contributed by atoms with E-state index in [2.05, 4.69) is 16.4 Å². The van der Waals surface area contributed by atoms with Crippen molar-refractivity contribution < 1.29 is 14.7 Å². The largest absolute Gasteiger partial charge is 0.478 e. The van der Waals surface area contributed by atoms with Gasteiger partial charge in [0.15, 0.2) is 5.13 Å². The standard InChI is InChI=1S/C22H16N2O3S/c1-13-6-9-17(18(10-13)21(26)27)20(25)24-22-23-19(12-28-22)16-8-7-14-4-2-3-5-15(14)11-16/h2-12H,1H3,(H,26,27)(H,23,24,25). The summed E-state index contributed by atoms with van der Waals surface area (Å²) >= 11 is 1.30. The van der Waals surface area contributed by atoms with Crippen LogP contribution >= 0.6 is 11.3 Å². The summed E-state index contributed by atoms with van der Waals surface area (Å²) in [5, 5.41) is 16.6. The summed E-state index contributed by atoms with van der Waals surface area (Å²) in [6, 6.07) is 18.9. The molecule has 0 saturated heterocycles. The van der Waals surface area contributed by atoms with Gasteiger partial charge in [0.1, 0.15) is 0 Å². The molecule has 0 spiro atoms. The minimum absolute atomic E-state index is 0.0243. The van der Waals surface area contributed by atoms with E-state index in [0.717, 1.165) is 27.6 Å². The maximum atomic E-state index is 12.6. The van der Waals surface area contributed by atoms with E-state index in [-0.39, 0.29) is 11.1 Å². The number of thiazole rings is 1. The number of anilines is 1. The number of hydrogen-bond acceptors (Lipinski definition) is 4. The van der Waals surface area contributed by atoms with Crippen LogP contribution in [0.4, 0.5) is 5.13 Å². The summed E-state index contributed by atoms with van der Waals surface area (Å²) in [7, 11) is 0. The van der Waals surface area contributed by atoms with Crippen molar-refractivity contribution in [3.8, 4) is 11.3 Å². The first-order valence-electron chi connectivity index (χ1n) is 8.61. The molecule has 28 heavy (non-hydrogen) atoms. The van der Waals surface area contributed by atoms with Gasteiger partial charge < -0.3 is 5.11 Å². The number of amides is 1. The highest BCUT2D eigenvalue weighted by molar-refractivity contribution is 7.14. The first-order valence-corrected chi connectivity index (χ1v) is 9.49. The van der Waals surface area contributed by atoms with Gasteiger partial charge >= 0.3 is 5.97 Å². The number of carboxylic acids is 1. The van der Waals surface area contributed by atoms with E-state index < -0.39 is 11.9 Å². The minimum Gasteiger partial charge on any atom is -0.478 e. The smallest absolute Gasteiger partial charge is 0.336 e. The van der Waals surface area contributed by atoms with Crippen LogP contribution in [0.5, 0.6) is 0 Å². The molecule has 0 aliphatic rings. The van der Waals surface area contributed by atoms with Crippen LogP contribution < -0.4 is 5.32 Å². The molecule has 0 bridgehead atoms. The quantitative estimate of drug-likeness (QED) is 0.502. The third kappa shape index (κ3) is 3.50. The minimum atomic E-state index is -1.13. The number of benzene rings is 3. The van der Waals surface area contributed by atoms with Crippen LogP contribution in [0.1, 0.15) is 26.3 Å². The predicted molar refractivity (Wildman–Crippen MR) is 111 cm³/mol. The lowest BCUT2D eigenvalue weighted by Gasteiger charge is -2.06. The maximum Gasteiger partial charge on any atom is 0.336 e. The fourth-order valence-corrected chi connectivity index (χ4v) is 3.72. The Kier molecular flexibility index (Phi) is 4.63. The number of nitrogens with one attached hydrogen (secondary N) is 1. The van der Waals surface area contributed by atoms with Gasteiger partial charge in [0, 0.05) is 10.9 Å². The SMILES string of the molecule is Cc1ccc(C(=O)Nc2nc(-c3ccc4ccccc4c3)cs2)c(C(=O)O)c1. The Bertz CT molecular complexity index is 1210. The lowest BCUT2D eigenvalue weighted by atomic mass is 10.0. The molecule has 3 aromatic carbocycles. The summed E-state index contributed by atoms with van der Waals surface area (Å²) in [5.41, 5.74) is 2.58. The first-order chi connectivity index (χ1) is 13.5. The number of aromatic carboxylic acids is 1. The van der Waals surface area contributed by atoms with Gasteiger partial charge in [-0.2, -0.15) is 0 Å². The molecule has 2 N–H and O–H groups in total. The first kappa shape index (κ1) is 17.9. The Morgan fingerprint density at radius 2 is 1.75 bits per heavy atom. The Morgan fingerprint density at radius 3 is 2.54 bits per heavy atom. The van der Waals surface area contributed by atoms with Crippen molar-refractivity contribution in [2.24, 2.45) is 0 Å². The molecule has 4 rings (SSSR count). The zero-order valence-electron chi connectivity index (χ0n) is 15.0. The molecule has 0 aliphatic heterocycles. The number of aryl methyl sites for hydroxylation is 1. The van der Waals surface area contributed by atoms with Crippen molar-refractivity contribution in [2.45, 2.75) is 6.92 Å². The van der Waals surface area contributed by atoms with Crippen molar-refractivity contribution in [1.29, 1.82) is 0 Å². The Balaban J connectivity index is 1.59. The Hall–Kier alpha value is -3.51. The highest BCUT2D eigenvalue weighted by Gasteiger charge is 2.18. The number of rotatable bonds is 4. The molecule has 0 atom stereocenters. The number of nitrogens with zero attached hydrogens (tertiary/aromatic N) is 1. The summed E-state index contributed by atoms with van der Waals surface area (Å²) in [6.07, 6.45) is 0. The highest BCUT2D eigenvalue weighted by atomic mass is 32.1. The number of fused-ring (bicyclic) bond motifs is 1. The number of carbonyl (C=O) groups excluding carboxylic acids is 1. The average Bonchev–Trinajstić information content (AvgIpc) is 3.15. The van der Waals surface area contributed by atoms with Crippen LogP contribution in [-0.2, 0) is 0 Å². The number of aromatic nitrogens is 1. The molecule has 0 fully saturated rings. The van der Waals surface area contributed by atoms with Crippen molar-refractivity contribution in [1.82, 2.24) is 4.98 Å². The zero-order chi connectivity index (χ0) is 19.7. The normalized spacial score (nSPS) is 10.8. The van der Waals surface area contributed by atoms with Gasteiger partial charge in [-0.05, 0) is 35.9 Å². The molecular formula is C22H16N2O3S. The van der Waals surface area contributed by atoms with Crippen LogP contribution in [-0.4, -0.2) is 22.0 Å². The van der Waals surface area contributed by atoms with Gasteiger partial charge in [-0.3, -0.25) is 10.1 Å². The van der Waals surface area contributed by atoms with Crippen LogP contribution in [0.25, 0.3) is 22.0 Å². The predicted octanol–water partition coefficient (Wildman–Crippen LogP) is 5.22. The molecule has 1 aromatic heterocycles. The molecule has 0 saturated carbocycles. The van der Waals surface area contributed by atoms with E-state index in [1.807, 2.05) is 41.8 Å². The van der Waals surface area contributed by atoms with E-state index in [0.29, 0.717) is 5.13 Å². The van der Waals surface area contributed by atoms with Crippen molar-refractivity contribution in [3.05, 3.63) is 82.7 Å². The van der Waals surface area contributed by atoms with E-state index in [1.165, 1.54) is 23.5 Å². The summed E-state index contributed by atoms with van der Waals surface area (Å²) in [5.74, 6) is -1.62. The van der Waals surface area contributed by atoms with Crippen LogP contribution in [0.15, 0.2) is 66.0 Å². The molecular weight excluding hydrogens is 372 g/mol. The van der Waals surface area contributed by atoms with E-state index in [1.54, 1.807) is 13.0 Å². The average molecular weight is 388 g/mol. The van der Waals surface area contributed by atoms with Crippen LogP contribution in [0, 0.1) is 6.92 Å². The third-order valence-electron chi connectivity index (χ3n) is 4.42. The van der Waals surface area contributed by atoms with E-state index in [9.17, 15) is 14.7 Å². The van der Waals surface area contributed by atoms with Gasteiger partial charge in [0.2, 0.25) is 0 Å². The molecule has 4 aromatic rings. The van der Waals surface area contributed by atoms with Gasteiger partial charge in [0.05, 0.1) is 16.8 Å². The third-order valence-corrected chi connectivity index (χ3v) is 5.18. The van der Waals surface area contributed by atoms with Crippen LogP contribution in [0.3, 0.4) is 0 Å². The fourth-order valence-electron chi connectivity index (χ4n) is 3.01. The molecule has 1 amide bonds. The molecule has 5 nitrogen and oxygen atoms in total. The molecule has 138 valence electrons. The fraction of sp³-hybridized carbons (Fsp3) is 0.0455. The summed E-state index contributed by atoms with van der Waals surface area (Å²) in [4.78, 5) is 28.5. The molecule has 6 heteroatoms. The Labute approximate surface area is 165 Å². The second kappa shape index (κ2) is 7.25. The van der Waals surface area contributed by atoms with Crippen molar-refractivity contribution >= 4 is 39.1 Å². The van der Waals surface area contributed by atoms with Crippen molar-refractivity contribution in [3.63, 3.8) is 0 Å². The number of carbonyl (C=O) groups is 2. The second-order valence-corrected chi connectivity index (χ2v) is 7.27. The van der Waals surface area contributed by atoms with E-state index in [4.69, 9.17) is 0 Å². The Morgan fingerprint density at radius 1 is 0.964 bits per heavy atom. The number of carboxylic acid groups (broad SMARTS) is 1. The van der Waals surface area contributed by atoms with E-state index >= 15 is 0 Å². The van der Waals surface area contributed by atoms with Gasteiger partial charge in [0.25, 0.3) is 5.91 Å². The topological polar surface area (TPSA) is 79.3 Å². The van der Waals surface area contributed by atoms with Gasteiger partial charge in [-0.25, -0.2) is 9.78 Å². The summed E-state index contributed by atoms with van der Waals surface area (Å²) in [6.45, 7) is 1.78. The molecule has 1 heterocycles. The van der Waals surface area contributed by atoms with Gasteiger partial charge in [-0.15, -0.1) is 11.3 Å². The molecule has 0 radical (unpaired) electrons. The second-order valence-electron chi connectivity index (χ2n) is 6.41. The van der Waals surface area contributed by atoms with Gasteiger partial charge in [-0.1, -0.05) is 48.0 Å². The van der Waals surface area contributed by atoms with Crippen LogP contribution in [0.2, 0.25) is 0 Å². The number of hydrogen-bond donors (Lipinski definition) is 2. The monoisotopic (exact) mass is 388 g/mol. The highest BCUT2D eigenvalue weighted by Crippen LogP contribution is 2.28.